The normalized spacial score (nSPS) is 10.5. The monoisotopic (exact) mass is 242 g/mol. The second kappa shape index (κ2) is 2.81. The number of hydrogen-bond acceptors (Lipinski definition) is 4. The van der Waals surface area contributed by atoms with Crippen molar-refractivity contribution >= 4 is 33.0 Å². The first-order chi connectivity index (χ1) is 6.20. The minimum absolute atomic E-state index is 0.130. The third-order valence-corrected chi connectivity index (χ3v) is 2.19. The van der Waals surface area contributed by atoms with Gasteiger partial charge in [0, 0.05) is 10.7 Å². The highest BCUT2D eigenvalue weighted by Crippen LogP contribution is 2.24. The first kappa shape index (κ1) is 8.18. The molecule has 2 heterocycles. The van der Waals surface area contributed by atoms with Crippen molar-refractivity contribution in [1.82, 2.24) is 10.1 Å². The van der Waals surface area contributed by atoms with Crippen molar-refractivity contribution < 1.29 is 14.4 Å². The van der Waals surface area contributed by atoms with E-state index in [0.29, 0.717) is 9.86 Å². The summed E-state index contributed by atoms with van der Waals surface area (Å²) in [6.07, 6.45) is 1.50. The van der Waals surface area contributed by atoms with E-state index in [1.165, 1.54) is 6.20 Å². The second-order valence-electron chi connectivity index (χ2n) is 2.31. The van der Waals surface area contributed by atoms with Gasteiger partial charge in [-0.3, -0.25) is 0 Å². The summed E-state index contributed by atoms with van der Waals surface area (Å²) in [7, 11) is 0. The molecule has 1 N–H and O–H groups in total. The lowest BCUT2D eigenvalue weighted by molar-refractivity contribution is 0.0688. The average Bonchev–Trinajstić information content (AvgIpc) is 2.49. The Kier molecular flexibility index (Phi) is 1.77. The fourth-order valence-corrected chi connectivity index (χ4v) is 1.46. The predicted molar refractivity (Wildman–Crippen MR) is 46.5 cm³/mol. The summed E-state index contributed by atoms with van der Waals surface area (Å²) < 4.78 is 5.33. The summed E-state index contributed by atoms with van der Waals surface area (Å²) in [6.45, 7) is 0. The summed E-state index contributed by atoms with van der Waals surface area (Å²) in [5, 5.41) is 12.5. The van der Waals surface area contributed by atoms with Gasteiger partial charge in [-0.15, -0.1) is 0 Å². The van der Waals surface area contributed by atoms with E-state index in [0.717, 1.165) is 0 Å². The molecule has 5 nitrogen and oxygen atoms in total. The fourth-order valence-electron chi connectivity index (χ4n) is 0.985. The Balaban J connectivity index is 2.86. The Hall–Kier alpha value is -1.43. The number of fused-ring (bicyclic) bond motifs is 1. The zero-order valence-electron chi connectivity index (χ0n) is 6.19. The van der Waals surface area contributed by atoms with Crippen LogP contribution in [0.15, 0.2) is 21.3 Å². The zero-order valence-corrected chi connectivity index (χ0v) is 7.78. The Morgan fingerprint density at radius 3 is 3.08 bits per heavy atom. The minimum Gasteiger partial charge on any atom is -0.476 e. The maximum Gasteiger partial charge on any atom is 0.358 e. The van der Waals surface area contributed by atoms with Crippen molar-refractivity contribution in [2.45, 2.75) is 0 Å². The lowest BCUT2D eigenvalue weighted by Gasteiger charge is -1.90. The molecule has 0 aliphatic rings. The summed E-state index contributed by atoms with van der Waals surface area (Å²) >= 11 is 3.19. The van der Waals surface area contributed by atoms with Crippen molar-refractivity contribution in [3.8, 4) is 0 Å². The van der Waals surface area contributed by atoms with Crippen molar-refractivity contribution in [3.63, 3.8) is 0 Å². The van der Waals surface area contributed by atoms with Gasteiger partial charge in [0.2, 0.25) is 5.69 Å². The van der Waals surface area contributed by atoms with Crippen LogP contribution in [-0.2, 0) is 0 Å². The number of aromatic carboxylic acids is 1. The van der Waals surface area contributed by atoms with Crippen LogP contribution in [0.5, 0.6) is 0 Å². The molecule has 0 aromatic carbocycles. The molecular weight excluding hydrogens is 240 g/mol. The first-order valence-corrected chi connectivity index (χ1v) is 4.12. The lowest BCUT2D eigenvalue weighted by Crippen LogP contribution is -1.96. The fraction of sp³-hybridized carbons (Fsp3) is 0. The molecule has 2 aromatic rings. The van der Waals surface area contributed by atoms with Gasteiger partial charge in [-0.2, -0.15) is 0 Å². The summed E-state index contributed by atoms with van der Waals surface area (Å²) in [4.78, 5) is 14.5. The third-order valence-electron chi connectivity index (χ3n) is 1.53. The van der Waals surface area contributed by atoms with Gasteiger partial charge < -0.3 is 9.63 Å². The zero-order chi connectivity index (χ0) is 9.42. The molecule has 2 aromatic heterocycles. The molecule has 0 radical (unpaired) electrons. The van der Waals surface area contributed by atoms with E-state index < -0.39 is 5.97 Å². The Bertz CT molecular complexity index is 480. The largest absolute Gasteiger partial charge is 0.476 e. The number of aromatic nitrogens is 2. The van der Waals surface area contributed by atoms with E-state index >= 15 is 0 Å². The van der Waals surface area contributed by atoms with Crippen molar-refractivity contribution in [2.75, 3.05) is 0 Å². The van der Waals surface area contributed by atoms with E-state index in [2.05, 4.69) is 26.1 Å². The Labute approximate surface area is 80.5 Å². The van der Waals surface area contributed by atoms with E-state index in [1.54, 1.807) is 6.07 Å². The number of hydrogen-bond donors (Lipinski definition) is 1. The standard InChI is InChI=1S/C7H3BrN2O3/c8-3-1-2-9-6-4(3)5(7(11)12)10-13-6/h1-2H,(H,11,12). The van der Waals surface area contributed by atoms with Gasteiger partial charge >= 0.3 is 5.97 Å². The number of rotatable bonds is 1. The van der Waals surface area contributed by atoms with Crippen LogP contribution < -0.4 is 0 Å². The molecule has 0 atom stereocenters. The van der Waals surface area contributed by atoms with Crippen LogP contribution in [0.1, 0.15) is 10.5 Å². The molecule has 13 heavy (non-hydrogen) atoms. The first-order valence-electron chi connectivity index (χ1n) is 3.33. The molecule has 66 valence electrons. The van der Waals surface area contributed by atoms with E-state index in [1.807, 2.05) is 0 Å². The van der Waals surface area contributed by atoms with Crippen LogP contribution in [0.4, 0.5) is 0 Å². The van der Waals surface area contributed by atoms with Gasteiger partial charge in [0.15, 0.2) is 0 Å². The third kappa shape index (κ3) is 1.19. The predicted octanol–water partition coefficient (Wildman–Crippen LogP) is 1.68. The molecule has 0 saturated heterocycles. The van der Waals surface area contributed by atoms with Crippen molar-refractivity contribution in [2.24, 2.45) is 0 Å². The number of carboxylic acid groups (broad SMARTS) is 1. The number of carboxylic acids is 1. The smallest absolute Gasteiger partial charge is 0.358 e. The Morgan fingerprint density at radius 2 is 2.38 bits per heavy atom. The van der Waals surface area contributed by atoms with Crippen LogP contribution in [0, 0.1) is 0 Å². The van der Waals surface area contributed by atoms with E-state index in [-0.39, 0.29) is 11.4 Å². The van der Waals surface area contributed by atoms with Gasteiger partial charge in [0.05, 0.1) is 5.39 Å². The molecule has 0 aliphatic heterocycles. The minimum atomic E-state index is -1.13. The molecule has 0 aliphatic carbocycles. The highest BCUT2D eigenvalue weighted by molar-refractivity contribution is 9.10. The van der Waals surface area contributed by atoms with Crippen LogP contribution in [-0.4, -0.2) is 21.2 Å². The quantitative estimate of drug-likeness (QED) is 0.824. The van der Waals surface area contributed by atoms with Crippen molar-refractivity contribution in [1.29, 1.82) is 0 Å². The summed E-state index contributed by atoms with van der Waals surface area (Å²) in [5.74, 6) is -1.13. The highest BCUT2D eigenvalue weighted by atomic mass is 79.9. The maximum absolute atomic E-state index is 10.7. The lowest BCUT2D eigenvalue weighted by atomic mass is 10.3. The van der Waals surface area contributed by atoms with Gasteiger partial charge in [-0.05, 0) is 22.0 Å². The van der Waals surface area contributed by atoms with Crippen LogP contribution >= 0.6 is 15.9 Å². The molecule has 0 amide bonds. The van der Waals surface area contributed by atoms with E-state index in [9.17, 15) is 4.79 Å². The highest BCUT2D eigenvalue weighted by Gasteiger charge is 2.17. The number of pyridine rings is 1. The van der Waals surface area contributed by atoms with Gasteiger partial charge in [0.25, 0.3) is 5.71 Å². The maximum atomic E-state index is 10.7. The molecule has 0 saturated carbocycles. The van der Waals surface area contributed by atoms with Crippen LogP contribution in [0.25, 0.3) is 11.1 Å². The van der Waals surface area contributed by atoms with Gasteiger partial charge in [-0.25, -0.2) is 9.78 Å². The van der Waals surface area contributed by atoms with E-state index in [4.69, 9.17) is 9.63 Å². The number of halogens is 1. The molecule has 0 spiro atoms. The van der Waals surface area contributed by atoms with Gasteiger partial charge in [0.1, 0.15) is 0 Å². The molecule has 6 heteroatoms. The molecule has 0 unspecified atom stereocenters. The molecular formula is C7H3BrN2O3. The molecule has 0 fully saturated rings. The topological polar surface area (TPSA) is 76.2 Å². The number of carbonyl (C=O) groups is 1. The van der Waals surface area contributed by atoms with Crippen LogP contribution in [0.2, 0.25) is 0 Å². The Morgan fingerprint density at radius 1 is 1.62 bits per heavy atom. The average molecular weight is 243 g/mol. The molecule has 2 rings (SSSR count). The van der Waals surface area contributed by atoms with Gasteiger partial charge in [-0.1, -0.05) is 5.16 Å². The summed E-state index contributed by atoms with van der Waals surface area (Å²) in [5.41, 5.74) is 0.0850. The van der Waals surface area contributed by atoms with Crippen LogP contribution in [0.3, 0.4) is 0 Å². The SMILES string of the molecule is O=C(O)c1noc2nccc(Br)c12. The summed E-state index contributed by atoms with van der Waals surface area (Å²) in [6, 6.07) is 1.63. The molecule has 0 bridgehead atoms. The second-order valence-corrected chi connectivity index (χ2v) is 3.16. The number of nitrogens with zero attached hydrogens (tertiary/aromatic N) is 2. The van der Waals surface area contributed by atoms with Crippen molar-refractivity contribution in [3.05, 3.63) is 22.4 Å².